The molecule has 0 atom stereocenters. The molecule has 0 fully saturated rings. The van der Waals surface area contributed by atoms with Crippen molar-refractivity contribution in [1.29, 1.82) is 0 Å². The van der Waals surface area contributed by atoms with Crippen LogP contribution in [0.4, 0.5) is 0 Å². The van der Waals surface area contributed by atoms with Crippen LogP contribution in [-0.4, -0.2) is 25.2 Å². The molecule has 0 aliphatic carbocycles. The monoisotopic (exact) mass is 384 g/mol. The van der Waals surface area contributed by atoms with E-state index in [1.165, 1.54) is 70.6 Å². The quantitative estimate of drug-likeness (QED) is 0.172. The largest absolute Gasteiger partial charge is 0.466 e. The molecule has 0 spiro atoms. The molecule has 4 heteroatoms. The fourth-order valence-electron chi connectivity index (χ4n) is 2.98. The summed E-state index contributed by atoms with van der Waals surface area (Å²) in [7, 11) is 0. The molecule has 0 radical (unpaired) electrons. The van der Waals surface area contributed by atoms with Gasteiger partial charge >= 0.3 is 11.9 Å². The maximum absolute atomic E-state index is 11.6. The second-order valence-corrected chi connectivity index (χ2v) is 7.54. The predicted molar refractivity (Wildman–Crippen MR) is 112 cm³/mol. The lowest BCUT2D eigenvalue weighted by Crippen LogP contribution is -2.11. The molecule has 0 heterocycles. The van der Waals surface area contributed by atoms with E-state index in [4.69, 9.17) is 9.47 Å². The maximum atomic E-state index is 11.6. The molecule has 0 N–H and O–H groups in total. The molecule has 0 saturated heterocycles. The van der Waals surface area contributed by atoms with E-state index in [1.807, 2.05) is 6.92 Å². The topological polar surface area (TPSA) is 52.6 Å². The summed E-state index contributed by atoms with van der Waals surface area (Å²) >= 11 is 0. The average molecular weight is 385 g/mol. The zero-order chi connectivity index (χ0) is 20.0. The van der Waals surface area contributed by atoms with Crippen LogP contribution in [0.3, 0.4) is 0 Å². The number of carbonyl (C=O) groups is 2. The number of hydrogen-bond donors (Lipinski definition) is 0. The Bertz CT molecular complexity index is 341. The van der Waals surface area contributed by atoms with Crippen LogP contribution in [0, 0.1) is 0 Å². The van der Waals surface area contributed by atoms with Gasteiger partial charge in [-0.05, 0) is 12.8 Å². The lowest BCUT2D eigenvalue weighted by molar-refractivity contribution is -0.150. The van der Waals surface area contributed by atoms with Crippen LogP contribution in [-0.2, 0) is 19.1 Å². The van der Waals surface area contributed by atoms with Crippen molar-refractivity contribution in [3.8, 4) is 0 Å². The number of esters is 2. The molecular formula is C23H44O4. The van der Waals surface area contributed by atoms with Crippen molar-refractivity contribution in [3.63, 3.8) is 0 Å². The van der Waals surface area contributed by atoms with E-state index >= 15 is 0 Å². The fraction of sp³-hybridized carbons (Fsp3) is 0.913. The molecule has 0 aromatic rings. The highest BCUT2D eigenvalue weighted by Gasteiger charge is 2.08. The summed E-state index contributed by atoms with van der Waals surface area (Å²) in [5.41, 5.74) is 0. The standard InChI is InChI=1S/C23H44O4/c1-3-5-7-8-9-10-11-12-13-14-15-16-17-21-27-23(25)19-18-22(24)26-20-6-4-2/h3-21H2,1-2H3. The van der Waals surface area contributed by atoms with E-state index in [0.29, 0.717) is 13.2 Å². The van der Waals surface area contributed by atoms with Crippen LogP contribution in [0.5, 0.6) is 0 Å². The summed E-state index contributed by atoms with van der Waals surface area (Å²) in [6.45, 7) is 5.23. The van der Waals surface area contributed by atoms with Crippen LogP contribution < -0.4 is 0 Å². The first-order valence-corrected chi connectivity index (χ1v) is 11.5. The summed E-state index contributed by atoms with van der Waals surface area (Å²) in [6, 6.07) is 0. The molecule has 0 rings (SSSR count). The third-order valence-corrected chi connectivity index (χ3v) is 4.81. The van der Waals surface area contributed by atoms with Gasteiger partial charge in [0.2, 0.25) is 0 Å². The normalized spacial score (nSPS) is 10.7. The van der Waals surface area contributed by atoms with E-state index in [0.717, 1.165) is 25.7 Å². The Hall–Kier alpha value is -1.06. The van der Waals surface area contributed by atoms with Crippen LogP contribution >= 0.6 is 0 Å². The highest BCUT2D eigenvalue weighted by Crippen LogP contribution is 2.12. The molecule has 0 bridgehead atoms. The lowest BCUT2D eigenvalue weighted by atomic mass is 10.0. The molecule has 0 unspecified atom stereocenters. The molecular weight excluding hydrogens is 340 g/mol. The highest BCUT2D eigenvalue weighted by molar-refractivity contribution is 5.77. The molecule has 0 amide bonds. The second kappa shape index (κ2) is 21.2. The first-order valence-electron chi connectivity index (χ1n) is 11.5. The van der Waals surface area contributed by atoms with Gasteiger partial charge in [-0.15, -0.1) is 0 Å². The summed E-state index contributed by atoms with van der Waals surface area (Å²) in [5.74, 6) is -0.595. The first-order chi connectivity index (χ1) is 13.2. The van der Waals surface area contributed by atoms with Gasteiger partial charge in [-0.25, -0.2) is 0 Å². The van der Waals surface area contributed by atoms with Gasteiger partial charge in [0.05, 0.1) is 26.1 Å². The van der Waals surface area contributed by atoms with E-state index < -0.39 is 0 Å². The number of ether oxygens (including phenoxy) is 2. The predicted octanol–water partition coefficient (Wildman–Crippen LogP) is 6.74. The van der Waals surface area contributed by atoms with Crippen molar-refractivity contribution in [2.75, 3.05) is 13.2 Å². The van der Waals surface area contributed by atoms with Crippen LogP contribution in [0.15, 0.2) is 0 Å². The van der Waals surface area contributed by atoms with Gasteiger partial charge in [-0.1, -0.05) is 97.3 Å². The number of rotatable bonds is 20. The lowest BCUT2D eigenvalue weighted by Gasteiger charge is -2.06. The van der Waals surface area contributed by atoms with Crippen molar-refractivity contribution in [1.82, 2.24) is 0 Å². The Labute approximate surface area is 167 Å². The Morgan fingerprint density at radius 1 is 0.481 bits per heavy atom. The van der Waals surface area contributed by atoms with E-state index in [2.05, 4.69) is 6.92 Å². The average Bonchev–Trinajstić information content (AvgIpc) is 2.67. The SMILES string of the molecule is CCCCCCCCCCCCCCCOC(=O)CCC(=O)OCCCC. The van der Waals surface area contributed by atoms with E-state index in [9.17, 15) is 9.59 Å². The van der Waals surface area contributed by atoms with Crippen LogP contribution in [0.25, 0.3) is 0 Å². The molecule has 0 aromatic carbocycles. The summed E-state index contributed by atoms with van der Waals surface area (Å²) in [4.78, 5) is 23.0. The van der Waals surface area contributed by atoms with Gasteiger partial charge in [0.1, 0.15) is 0 Å². The first kappa shape index (κ1) is 25.9. The minimum absolute atomic E-state index is 0.126. The van der Waals surface area contributed by atoms with Crippen molar-refractivity contribution in [2.45, 2.75) is 123 Å². The van der Waals surface area contributed by atoms with Gasteiger partial charge in [0.25, 0.3) is 0 Å². The summed E-state index contributed by atoms with van der Waals surface area (Å²) in [6.07, 6.45) is 19.1. The molecule has 0 aliphatic rings. The number of unbranched alkanes of at least 4 members (excludes halogenated alkanes) is 13. The maximum Gasteiger partial charge on any atom is 0.306 e. The Morgan fingerprint density at radius 2 is 0.815 bits per heavy atom. The Morgan fingerprint density at radius 3 is 1.22 bits per heavy atom. The van der Waals surface area contributed by atoms with Gasteiger partial charge in [-0.2, -0.15) is 0 Å². The van der Waals surface area contributed by atoms with Crippen molar-refractivity contribution >= 4 is 11.9 Å². The zero-order valence-corrected chi connectivity index (χ0v) is 18.1. The van der Waals surface area contributed by atoms with Gasteiger partial charge in [0, 0.05) is 0 Å². The van der Waals surface area contributed by atoms with Crippen LogP contribution in [0.2, 0.25) is 0 Å². The molecule has 27 heavy (non-hydrogen) atoms. The third-order valence-electron chi connectivity index (χ3n) is 4.81. The third kappa shape index (κ3) is 21.1. The fourth-order valence-corrected chi connectivity index (χ4v) is 2.98. The summed E-state index contributed by atoms with van der Waals surface area (Å²) < 4.78 is 10.2. The Balaban J connectivity index is 3.23. The molecule has 4 nitrogen and oxygen atoms in total. The van der Waals surface area contributed by atoms with Gasteiger partial charge in [-0.3, -0.25) is 9.59 Å². The molecule has 0 aliphatic heterocycles. The number of carbonyl (C=O) groups excluding carboxylic acids is 2. The molecule has 0 saturated carbocycles. The second-order valence-electron chi connectivity index (χ2n) is 7.54. The Kier molecular flexibility index (Phi) is 20.4. The van der Waals surface area contributed by atoms with Gasteiger partial charge in [0.15, 0.2) is 0 Å². The zero-order valence-electron chi connectivity index (χ0n) is 18.1. The minimum atomic E-state index is -0.304. The van der Waals surface area contributed by atoms with Crippen LogP contribution in [0.1, 0.15) is 123 Å². The smallest absolute Gasteiger partial charge is 0.306 e. The minimum Gasteiger partial charge on any atom is -0.466 e. The van der Waals surface area contributed by atoms with Crippen molar-refractivity contribution in [3.05, 3.63) is 0 Å². The molecule has 160 valence electrons. The molecule has 0 aromatic heterocycles. The van der Waals surface area contributed by atoms with E-state index in [-0.39, 0.29) is 24.8 Å². The van der Waals surface area contributed by atoms with Gasteiger partial charge < -0.3 is 9.47 Å². The van der Waals surface area contributed by atoms with Crippen molar-refractivity contribution in [2.24, 2.45) is 0 Å². The number of hydrogen-bond acceptors (Lipinski definition) is 4. The summed E-state index contributed by atoms with van der Waals surface area (Å²) in [5, 5.41) is 0. The van der Waals surface area contributed by atoms with E-state index in [1.54, 1.807) is 0 Å². The van der Waals surface area contributed by atoms with Crippen molar-refractivity contribution < 1.29 is 19.1 Å². The highest BCUT2D eigenvalue weighted by atomic mass is 16.5.